The first kappa shape index (κ1) is 23.2. The third-order valence-corrected chi connectivity index (χ3v) is 3.50. The molecule has 1 heterocycles. The highest BCUT2D eigenvalue weighted by atomic mass is 16.6. The summed E-state index contributed by atoms with van der Waals surface area (Å²) in [7, 11) is 0. The predicted molar refractivity (Wildman–Crippen MR) is 97.1 cm³/mol. The minimum absolute atomic E-state index is 0.0752. The zero-order valence-electron chi connectivity index (χ0n) is 15.9. The van der Waals surface area contributed by atoms with Gasteiger partial charge in [-0.25, -0.2) is 0 Å². The van der Waals surface area contributed by atoms with Crippen LogP contribution in [0.4, 0.5) is 0 Å². The second-order valence-electron chi connectivity index (χ2n) is 5.71. The van der Waals surface area contributed by atoms with E-state index in [9.17, 15) is 14.4 Å². The Morgan fingerprint density at radius 3 is 1.85 bits per heavy atom. The average Bonchev–Trinajstić information content (AvgIpc) is 2.98. The molecule has 0 radical (unpaired) electrons. The molecule has 0 aliphatic carbocycles. The van der Waals surface area contributed by atoms with Gasteiger partial charge in [0.2, 0.25) is 5.91 Å². The van der Waals surface area contributed by atoms with Crippen LogP contribution in [0.2, 0.25) is 0 Å². The number of rotatable bonds is 17. The topological polar surface area (TPSA) is 103 Å². The molecule has 0 aromatic carbocycles. The first-order valence-electron chi connectivity index (χ1n) is 9.26. The summed E-state index contributed by atoms with van der Waals surface area (Å²) in [5.41, 5.74) is 0. The molecule has 1 rings (SSSR count). The van der Waals surface area contributed by atoms with Crippen molar-refractivity contribution in [2.24, 2.45) is 0 Å². The first-order chi connectivity index (χ1) is 13.1. The zero-order valence-corrected chi connectivity index (χ0v) is 15.9. The summed E-state index contributed by atoms with van der Waals surface area (Å²) in [5.74, 6) is -1.000. The molecule has 1 N–H and O–H groups in total. The van der Waals surface area contributed by atoms with Gasteiger partial charge in [0.25, 0.3) is 11.8 Å². The van der Waals surface area contributed by atoms with E-state index in [1.54, 1.807) is 0 Å². The van der Waals surface area contributed by atoms with Crippen molar-refractivity contribution in [3.63, 3.8) is 0 Å². The lowest BCUT2D eigenvalue weighted by Gasteiger charge is -2.13. The Bertz CT molecular complexity index is 464. The fraction of sp³-hybridized carbons (Fsp3) is 0.722. The summed E-state index contributed by atoms with van der Waals surface area (Å²) in [6, 6.07) is 0. The van der Waals surface area contributed by atoms with Crippen LogP contribution in [-0.4, -0.2) is 88.6 Å². The lowest BCUT2D eigenvalue weighted by molar-refractivity contribution is -0.137. The number of hydrogen-bond acceptors (Lipinski definition) is 7. The van der Waals surface area contributed by atoms with Gasteiger partial charge in [0, 0.05) is 38.3 Å². The molecule has 0 saturated heterocycles. The van der Waals surface area contributed by atoms with Crippen molar-refractivity contribution in [1.82, 2.24) is 10.2 Å². The summed E-state index contributed by atoms with van der Waals surface area (Å²) in [4.78, 5) is 35.4. The van der Waals surface area contributed by atoms with E-state index in [-0.39, 0.29) is 30.7 Å². The number of carbonyl (C=O) groups excluding carboxylic acids is 3. The molecule has 0 bridgehead atoms. The molecule has 154 valence electrons. The molecule has 0 atom stereocenters. The number of carbonyl (C=O) groups is 3. The monoisotopic (exact) mass is 386 g/mol. The normalized spacial score (nSPS) is 13.6. The molecule has 0 spiro atoms. The first-order valence-corrected chi connectivity index (χ1v) is 9.26. The number of imide groups is 1. The van der Waals surface area contributed by atoms with E-state index in [4.69, 9.17) is 18.9 Å². The van der Waals surface area contributed by atoms with Gasteiger partial charge in [-0.2, -0.15) is 0 Å². The molecule has 0 aromatic rings. The Labute approximate surface area is 159 Å². The third-order valence-electron chi connectivity index (χ3n) is 3.50. The van der Waals surface area contributed by atoms with Crippen LogP contribution < -0.4 is 5.32 Å². The number of nitrogens with zero attached hydrogens (tertiary/aromatic N) is 1. The van der Waals surface area contributed by atoms with Crippen LogP contribution in [0.5, 0.6) is 0 Å². The van der Waals surface area contributed by atoms with Gasteiger partial charge in [-0.3, -0.25) is 19.3 Å². The minimum Gasteiger partial charge on any atom is -0.379 e. The Hall–Kier alpha value is -1.81. The van der Waals surface area contributed by atoms with Crippen LogP contribution in [-0.2, 0) is 33.3 Å². The highest BCUT2D eigenvalue weighted by Gasteiger charge is 2.23. The Balaban J connectivity index is 1.81. The van der Waals surface area contributed by atoms with E-state index in [0.717, 1.165) is 17.9 Å². The smallest absolute Gasteiger partial charge is 0.253 e. The maximum absolute atomic E-state index is 11.6. The van der Waals surface area contributed by atoms with Gasteiger partial charge in [0.1, 0.15) is 0 Å². The van der Waals surface area contributed by atoms with Gasteiger partial charge in [0.15, 0.2) is 0 Å². The fourth-order valence-corrected chi connectivity index (χ4v) is 2.12. The van der Waals surface area contributed by atoms with E-state index in [1.165, 1.54) is 12.2 Å². The molecule has 0 unspecified atom stereocenters. The summed E-state index contributed by atoms with van der Waals surface area (Å²) >= 11 is 0. The van der Waals surface area contributed by atoms with Crippen molar-refractivity contribution in [2.75, 3.05) is 65.9 Å². The SMILES string of the molecule is CCCOCCOCCOCCOCCNC(=O)CCN1C(=O)C=CC1=O. The molecule has 9 heteroatoms. The van der Waals surface area contributed by atoms with E-state index in [2.05, 4.69) is 12.2 Å². The summed E-state index contributed by atoms with van der Waals surface area (Å²) in [6.07, 6.45) is 3.48. The maximum atomic E-state index is 11.6. The zero-order chi connectivity index (χ0) is 19.7. The summed E-state index contributed by atoms with van der Waals surface area (Å²) < 4.78 is 21.3. The van der Waals surface area contributed by atoms with Gasteiger partial charge in [-0.1, -0.05) is 6.92 Å². The van der Waals surface area contributed by atoms with Crippen molar-refractivity contribution in [1.29, 1.82) is 0 Å². The molecular weight excluding hydrogens is 356 g/mol. The van der Waals surface area contributed by atoms with Crippen LogP contribution in [0.25, 0.3) is 0 Å². The molecule has 1 aliphatic heterocycles. The predicted octanol–water partition coefficient (Wildman–Crippen LogP) is -0.106. The van der Waals surface area contributed by atoms with E-state index < -0.39 is 0 Å². The molecule has 0 aromatic heterocycles. The molecule has 1 aliphatic rings. The molecule has 3 amide bonds. The second-order valence-corrected chi connectivity index (χ2v) is 5.71. The lowest BCUT2D eigenvalue weighted by Crippen LogP contribution is -2.35. The number of amides is 3. The second kappa shape index (κ2) is 15.3. The van der Waals surface area contributed by atoms with Crippen LogP contribution >= 0.6 is 0 Å². The van der Waals surface area contributed by atoms with Crippen molar-refractivity contribution in [3.8, 4) is 0 Å². The van der Waals surface area contributed by atoms with Crippen LogP contribution in [0.1, 0.15) is 19.8 Å². The van der Waals surface area contributed by atoms with Gasteiger partial charge >= 0.3 is 0 Å². The van der Waals surface area contributed by atoms with Crippen molar-refractivity contribution >= 4 is 17.7 Å². The Morgan fingerprint density at radius 2 is 1.33 bits per heavy atom. The minimum atomic E-state index is -0.383. The molecule has 0 fully saturated rings. The lowest BCUT2D eigenvalue weighted by atomic mass is 10.3. The Morgan fingerprint density at radius 1 is 0.852 bits per heavy atom. The fourth-order valence-electron chi connectivity index (χ4n) is 2.12. The van der Waals surface area contributed by atoms with E-state index in [1.807, 2.05) is 0 Å². The van der Waals surface area contributed by atoms with Gasteiger partial charge < -0.3 is 24.3 Å². The highest BCUT2D eigenvalue weighted by molar-refractivity contribution is 6.13. The molecular formula is C18H30N2O7. The van der Waals surface area contributed by atoms with Crippen molar-refractivity contribution in [3.05, 3.63) is 12.2 Å². The van der Waals surface area contributed by atoms with Crippen LogP contribution in [0.3, 0.4) is 0 Å². The number of ether oxygens (including phenoxy) is 4. The third kappa shape index (κ3) is 11.5. The highest BCUT2D eigenvalue weighted by Crippen LogP contribution is 2.03. The summed E-state index contributed by atoms with van der Waals surface area (Å²) in [6.45, 7) is 6.69. The van der Waals surface area contributed by atoms with Gasteiger partial charge in [-0.05, 0) is 6.42 Å². The van der Waals surface area contributed by atoms with Crippen molar-refractivity contribution < 1.29 is 33.3 Å². The average molecular weight is 386 g/mol. The number of nitrogens with one attached hydrogen (secondary N) is 1. The van der Waals surface area contributed by atoms with Crippen LogP contribution in [0, 0.1) is 0 Å². The van der Waals surface area contributed by atoms with Crippen molar-refractivity contribution in [2.45, 2.75) is 19.8 Å². The maximum Gasteiger partial charge on any atom is 0.253 e. The van der Waals surface area contributed by atoms with E-state index >= 15 is 0 Å². The van der Waals surface area contributed by atoms with Gasteiger partial charge in [0.05, 0.1) is 46.2 Å². The largest absolute Gasteiger partial charge is 0.379 e. The van der Waals surface area contributed by atoms with E-state index in [0.29, 0.717) is 52.8 Å². The van der Waals surface area contributed by atoms with Gasteiger partial charge in [-0.15, -0.1) is 0 Å². The van der Waals surface area contributed by atoms with Crippen LogP contribution in [0.15, 0.2) is 12.2 Å². The quantitative estimate of drug-likeness (QED) is 0.275. The molecule has 9 nitrogen and oxygen atoms in total. The summed E-state index contributed by atoms with van der Waals surface area (Å²) in [5, 5.41) is 2.67. The standard InChI is InChI=1S/C18H30N2O7/c1-2-8-24-10-12-26-14-15-27-13-11-25-9-6-19-16(21)5-7-20-17(22)3-4-18(20)23/h3-4H,2,5-15H2,1H3,(H,19,21). The molecule has 27 heavy (non-hydrogen) atoms. The number of hydrogen-bond donors (Lipinski definition) is 1. The Kier molecular flexibility index (Phi) is 13.1. The molecule has 0 saturated carbocycles.